The minimum absolute atomic E-state index is 0.156. The van der Waals surface area contributed by atoms with Gasteiger partial charge < -0.3 is 5.32 Å². The molecular weight excluding hydrogens is 276 g/mol. The summed E-state index contributed by atoms with van der Waals surface area (Å²) < 4.78 is 0. The first-order valence-electron chi connectivity index (χ1n) is 5.80. The predicted octanol–water partition coefficient (Wildman–Crippen LogP) is 1.02. The number of carbonyl (C=O) groups excluding carboxylic acids is 2. The topological polar surface area (TPSA) is 83.5 Å². The summed E-state index contributed by atoms with van der Waals surface area (Å²) in [6, 6.07) is 8.75. The van der Waals surface area contributed by atoms with Crippen LogP contribution in [0.25, 0.3) is 0 Å². The number of pyridine rings is 1. The van der Waals surface area contributed by atoms with E-state index in [1.807, 2.05) is 17.5 Å². The lowest BCUT2D eigenvalue weighted by atomic mass is 10.3. The molecule has 2 amide bonds. The van der Waals surface area contributed by atoms with Crippen molar-refractivity contribution in [2.45, 2.75) is 0 Å². The van der Waals surface area contributed by atoms with Gasteiger partial charge in [0, 0.05) is 11.1 Å². The lowest BCUT2D eigenvalue weighted by molar-refractivity contribution is -0.120. The molecule has 0 radical (unpaired) electrons. The van der Waals surface area contributed by atoms with Gasteiger partial charge in [0.2, 0.25) is 0 Å². The number of aromatic nitrogens is 1. The van der Waals surface area contributed by atoms with Crippen molar-refractivity contribution in [2.75, 3.05) is 6.54 Å². The van der Waals surface area contributed by atoms with E-state index < -0.39 is 11.8 Å². The molecule has 2 heterocycles. The molecule has 2 aromatic heterocycles. The molecule has 0 spiro atoms. The van der Waals surface area contributed by atoms with Gasteiger partial charge in [-0.25, -0.2) is 5.43 Å². The van der Waals surface area contributed by atoms with E-state index >= 15 is 0 Å². The minimum atomic E-state index is -0.401. The van der Waals surface area contributed by atoms with Gasteiger partial charge in [0.15, 0.2) is 0 Å². The van der Waals surface area contributed by atoms with Crippen LogP contribution < -0.4 is 10.7 Å². The summed E-state index contributed by atoms with van der Waals surface area (Å²) in [6.45, 7) is -0.156. The van der Waals surface area contributed by atoms with Crippen molar-refractivity contribution >= 4 is 29.4 Å². The average Bonchev–Trinajstić information content (AvgIpc) is 2.99. The van der Waals surface area contributed by atoms with Crippen molar-refractivity contribution in [3.63, 3.8) is 0 Å². The third-order valence-electron chi connectivity index (χ3n) is 2.23. The zero-order valence-electron chi connectivity index (χ0n) is 10.4. The van der Waals surface area contributed by atoms with Crippen LogP contribution >= 0.6 is 11.3 Å². The maximum absolute atomic E-state index is 11.6. The van der Waals surface area contributed by atoms with Crippen LogP contribution in [0.5, 0.6) is 0 Å². The lowest BCUT2D eigenvalue weighted by Crippen LogP contribution is -2.35. The Morgan fingerprint density at radius 3 is 2.90 bits per heavy atom. The quantitative estimate of drug-likeness (QED) is 0.636. The summed E-state index contributed by atoms with van der Waals surface area (Å²) in [5, 5.41) is 8.15. The first-order valence-corrected chi connectivity index (χ1v) is 6.68. The van der Waals surface area contributed by atoms with Crippen LogP contribution in [-0.2, 0) is 4.79 Å². The van der Waals surface area contributed by atoms with E-state index in [4.69, 9.17) is 0 Å². The second kappa shape index (κ2) is 7.15. The zero-order chi connectivity index (χ0) is 14.2. The minimum Gasteiger partial charge on any atom is -0.342 e. The molecule has 0 saturated heterocycles. The van der Waals surface area contributed by atoms with Crippen LogP contribution in [0.3, 0.4) is 0 Å². The lowest BCUT2D eigenvalue weighted by Gasteiger charge is -2.02. The fraction of sp³-hybridized carbons (Fsp3) is 0.0769. The molecule has 2 N–H and O–H groups in total. The van der Waals surface area contributed by atoms with Crippen LogP contribution in [0, 0.1) is 0 Å². The largest absolute Gasteiger partial charge is 0.342 e. The normalized spacial score (nSPS) is 10.4. The molecule has 20 heavy (non-hydrogen) atoms. The highest BCUT2D eigenvalue weighted by Crippen LogP contribution is 2.03. The highest BCUT2D eigenvalue weighted by Gasteiger charge is 2.07. The van der Waals surface area contributed by atoms with Crippen molar-refractivity contribution in [3.05, 3.63) is 52.5 Å². The number of hydrazone groups is 1. The molecule has 0 saturated carbocycles. The molecule has 0 unspecified atom stereocenters. The monoisotopic (exact) mass is 288 g/mol. The van der Waals surface area contributed by atoms with E-state index in [1.165, 1.54) is 17.5 Å². The smallest absolute Gasteiger partial charge is 0.270 e. The second-order valence-corrected chi connectivity index (χ2v) is 4.69. The van der Waals surface area contributed by atoms with Crippen LogP contribution in [0.2, 0.25) is 0 Å². The van der Waals surface area contributed by atoms with E-state index in [9.17, 15) is 9.59 Å². The Morgan fingerprint density at radius 1 is 1.30 bits per heavy atom. The molecule has 0 bridgehead atoms. The first kappa shape index (κ1) is 13.9. The molecule has 0 fully saturated rings. The van der Waals surface area contributed by atoms with Crippen molar-refractivity contribution in [2.24, 2.45) is 5.10 Å². The van der Waals surface area contributed by atoms with E-state index in [0.29, 0.717) is 0 Å². The van der Waals surface area contributed by atoms with Gasteiger partial charge in [-0.05, 0) is 23.6 Å². The summed E-state index contributed by atoms with van der Waals surface area (Å²) in [7, 11) is 0. The van der Waals surface area contributed by atoms with Crippen LogP contribution in [-0.4, -0.2) is 29.6 Å². The number of amides is 2. The number of carbonyl (C=O) groups is 2. The molecule has 0 aliphatic heterocycles. The zero-order valence-corrected chi connectivity index (χ0v) is 11.3. The van der Waals surface area contributed by atoms with Gasteiger partial charge >= 0.3 is 0 Å². The standard InChI is InChI=1S/C13H12N4O2S/c18-12(17-16-8-10-4-3-7-20-10)9-15-13(19)11-5-1-2-6-14-11/h1-8H,9H2,(H,15,19)(H,17,18). The molecule has 102 valence electrons. The van der Waals surface area contributed by atoms with Gasteiger partial charge in [0.1, 0.15) is 5.69 Å². The SMILES string of the molecule is O=C(CNC(=O)c1ccccn1)NN=Cc1cccs1. The fourth-order valence-electron chi connectivity index (χ4n) is 1.32. The Labute approximate surface area is 119 Å². The Hall–Kier alpha value is -2.54. The maximum atomic E-state index is 11.6. The van der Waals surface area contributed by atoms with Crippen molar-refractivity contribution in [1.82, 2.24) is 15.7 Å². The number of nitrogens with one attached hydrogen (secondary N) is 2. The van der Waals surface area contributed by atoms with Gasteiger partial charge in [-0.2, -0.15) is 5.10 Å². The van der Waals surface area contributed by atoms with Crippen molar-refractivity contribution < 1.29 is 9.59 Å². The Balaban J connectivity index is 1.74. The Bertz CT molecular complexity index is 596. The number of hydrogen-bond acceptors (Lipinski definition) is 5. The predicted molar refractivity (Wildman–Crippen MR) is 76.6 cm³/mol. The summed E-state index contributed by atoms with van der Waals surface area (Å²) in [5.74, 6) is -0.801. The van der Waals surface area contributed by atoms with E-state index in [1.54, 1.807) is 24.4 Å². The number of thiophene rings is 1. The number of hydrogen-bond donors (Lipinski definition) is 2. The molecule has 2 rings (SSSR count). The molecule has 6 nitrogen and oxygen atoms in total. The second-order valence-electron chi connectivity index (χ2n) is 3.71. The summed E-state index contributed by atoms with van der Waals surface area (Å²) in [4.78, 5) is 27.9. The van der Waals surface area contributed by atoms with E-state index in [-0.39, 0.29) is 12.2 Å². The van der Waals surface area contributed by atoms with E-state index in [0.717, 1.165) is 4.88 Å². The van der Waals surface area contributed by atoms with Gasteiger partial charge in [-0.15, -0.1) is 11.3 Å². The molecule has 0 aliphatic carbocycles. The van der Waals surface area contributed by atoms with Gasteiger partial charge in [-0.3, -0.25) is 14.6 Å². The van der Waals surface area contributed by atoms with Gasteiger partial charge in [0.05, 0.1) is 12.8 Å². The molecular formula is C13H12N4O2S. The summed E-state index contributed by atoms with van der Waals surface area (Å²) >= 11 is 1.51. The van der Waals surface area contributed by atoms with Crippen LogP contribution in [0.4, 0.5) is 0 Å². The Kier molecular flexibility index (Phi) is 4.96. The maximum Gasteiger partial charge on any atom is 0.270 e. The Morgan fingerprint density at radius 2 is 2.20 bits per heavy atom. The third-order valence-corrected chi connectivity index (χ3v) is 3.04. The van der Waals surface area contributed by atoms with E-state index in [2.05, 4.69) is 20.8 Å². The summed E-state index contributed by atoms with van der Waals surface area (Å²) in [6.07, 6.45) is 3.06. The van der Waals surface area contributed by atoms with Crippen LogP contribution in [0.15, 0.2) is 47.0 Å². The number of nitrogens with zero attached hydrogens (tertiary/aromatic N) is 2. The highest BCUT2D eigenvalue weighted by atomic mass is 32.1. The molecule has 0 aromatic carbocycles. The van der Waals surface area contributed by atoms with Gasteiger partial charge in [0.25, 0.3) is 11.8 Å². The summed E-state index contributed by atoms with van der Waals surface area (Å²) in [5.41, 5.74) is 2.60. The fourth-order valence-corrected chi connectivity index (χ4v) is 1.91. The van der Waals surface area contributed by atoms with Crippen molar-refractivity contribution in [1.29, 1.82) is 0 Å². The molecule has 7 heteroatoms. The molecule has 0 atom stereocenters. The van der Waals surface area contributed by atoms with Crippen molar-refractivity contribution in [3.8, 4) is 0 Å². The average molecular weight is 288 g/mol. The molecule has 2 aromatic rings. The van der Waals surface area contributed by atoms with Crippen LogP contribution in [0.1, 0.15) is 15.4 Å². The molecule has 0 aliphatic rings. The van der Waals surface area contributed by atoms with Gasteiger partial charge in [-0.1, -0.05) is 12.1 Å². The highest BCUT2D eigenvalue weighted by molar-refractivity contribution is 7.11. The first-order chi connectivity index (χ1) is 9.75. The number of rotatable bonds is 5. The third kappa shape index (κ3) is 4.29.